The zero-order chi connectivity index (χ0) is 22.0. The Labute approximate surface area is 178 Å². The van der Waals surface area contributed by atoms with Gasteiger partial charge in [0.1, 0.15) is 23.4 Å². The van der Waals surface area contributed by atoms with Crippen molar-refractivity contribution in [2.75, 3.05) is 24.9 Å². The smallest absolute Gasteiger partial charge is 0.251 e. The average molecular weight is 424 g/mol. The fourth-order valence-electron chi connectivity index (χ4n) is 3.54. The lowest BCUT2D eigenvalue weighted by molar-refractivity contribution is -0.123. The molecule has 8 nitrogen and oxygen atoms in total. The van der Waals surface area contributed by atoms with Crippen LogP contribution in [-0.2, 0) is 20.9 Å². The fourth-order valence-corrected chi connectivity index (χ4v) is 3.54. The Morgan fingerprint density at radius 3 is 2.52 bits per heavy atom. The maximum atomic E-state index is 13.4. The first kappa shape index (κ1) is 20.5. The SMILES string of the molecule is COCc1nn2c(c1-c1ccc(F)cc1)NC(=O)C2CC(=O)Nc1ccc(OC)cc1. The number of methoxy groups -OCH3 is 2. The summed E-state index contributed by atoms with van der Waals surface area (Å²) in [5, 5.41) is 10.1. The number of carbonyl (C=O) groups excluding carboxylic acids is 2. The number of hydrogen-bond donors (Lipinski definition) is 2. The molecule has 0 spiro atoms. The topological polar surface area (TPSA) is 94.5 Å². The van der Waals surface area contributed by atoms with Gasteiger partial charge in [-0.3, -0.25) is 9.59 Å². The monoisotopic (exact) mass is 424 g/mol. The zero-order valence-electron chi connectivity index (χ0n) is 17.0. The summed E-state index contributed by atoms with van der Waals surface area (Å²) >= 11 is 0. The molecule has 0 saturated heterocycles. The van der Waals surface area contributed by atoms with Gasteiger partial charge in [0.05, 0.1) is 25.8 Å². The van der Waals surface area contributed by atoms with Gasteiger partial charge < -0.3 is 20.1 Å². The Morgan fingerprint density at radius 2 is 1.87 bits per heavy atom. The van der Waals surface area contributed by atoms with E-state index in [1.165, 1.54) is 23.9 Å². The lowest BCUT2D eigenvalue weighted by Crippen LogP contribution is -2.24. The van der Waals surface area contributed by atoms with Gasteiger partial charge in [0.25, 0.3) is 5.91 Å². The van der Waals surface area contributed by atoms with Crippen molar-refractivity contribution in [2.45, 2.75) is 19.1 Å². The van der Waals surface area contributed by atoms with Crippen molar-refractivity contribution in [1.29, 1.82) is 0 Å². The molecule has 0 saturated carbocycles. The highest BCUT2D eigenvalue weighted by molar-refractivity contribution is 6.04. The molecular formula is C22H21FN4O4. The molecule has 160 valence electrons. The van der Waals surface area contributed by atoms with E-state index >= 15 is 0 Å². The predicted octanol–water partition coefficient (Wildman–Crippen LogP) is 3.37. The minimum Gasteiger partial charge on any atom is -0.497 e. The molecule has 1 aromatic heterocycles. The first-order chi connectivity index (χ1) is 15.0. The third-order valence-corrected chi connectivity index (χ3v) is 4.99. The number of aromatic nitrogens is 2. The molecule has 9 heteroatoms. The second-order valence-corrected chi connectivity index (χ2v) is 7.04. The molecular weight excluding hydrogens is 403 g/mol. The highest BCUT2D eigenvalue weighted by atomic mass is 19.1. The Kier molecular flexibility index (Phi) is 5.68. The third-order valence-electron chi connectivity index (χ3n) is 4.99. The van der Waals surface area contributed by atoms with Crippen molar-refractivity contribution in [1.82, 2.24) is 9.78 Å². The van der Waals surface area contributed by atoms with Gasteiger partial charge in [-0.05, 0) is 42.0 Å². The standard InChI is InChI=1S/C22H21FN4O4/c1-30-12-17-20(13-3-5-14(23)6-4-13)21-25-22(29)18(27(21)26-17)11-19(28)24-15-7-9-16(31-2)10-8-15/h3-10,18H,11-12H2,1-2H3,(H,24,28)(H,25,29). The highest BCUT2D eigenvalue weighted by Crippen LogP contribution is 2.39. The normalized spacial score (nSPS) is 14.8. The van der Waals surface area contributed by atoms with Crippen molar-refractivity contribution in [2.24, 2.45) is 0 Å². The van der Waals surface area contributed by atoms with Crippen LogP contribution in [0, 0.1) is 5.82 Å². The van der Waals surface area contributed by atoms with Crippen LogP contribution in [0.25, 0.3) is 11.1 Å². The maximum absolute atomic E-state index is 13.4. The molecule has 3 aromatic rings. The van der Waals surface area contributed by atoms with E-state index in [2.05, 4.69) is 15.7 Å². The number of benzene rings is 2. The molecule has 1 aliphatic heterocycles. The quantitative estimate of drug-likeness (QED) is 0.607. The Bertz CT molecular complexity index is 1110. The Hall–Kier alpha value is -3.72. The van der Waals surface area contributed by atoms with Gasteiger partial charge in [-0.2, -0.15) is 5.10 Å². The molecule has 0 aliphatic carbocycles. The van der Waals surface area contributed by atoms with E-state index in [0.717, 1.165) is 0 Å². The average Bonchev–Trinajstić information content (AvgIpc) is 3.25. The van der Waals surface area contributed by atoms with Crippen LogP contribution in [0.5, 0.6) is 5.75 Å². The summed E-state index contributed by atoms with van der Waals surface area (Å²) in [4.78, 5) is 25.2. The third kappa shape index (κ3) is 4.13. The molecule has 0 bridgehead atoms. The van der Waals surface area contributed by atoms with Crippen LogP contribution < -0.4 is 15.4 Å². The van der Waals surface area contributed by atoms with E-state index in [-0.39, 0.29) is 30.7 Å². The number of ether oxygens (including phenoxy) is 2. The van der Waals surface area contributed by atoms with Crippen molar-refractivity contribution in [3.05, 3.63) is 60.0 Å². The van der Waals surface area contributed by atoms with E-state index < -0.39 is 6.04 Å². The summed E-state index contributed by atoms with van der Waals surface area (Å²) in [5.41, 5.74) is 2.52. The zero-order valence-corrected chi connectivity index (χ0v) is 17.0. The summed E-state index contributed by atoms with van der Waals surface area (Å²) in [6.07, 6.45) is -0.0954. The van der Waals surface area contributed by atoms with Gasteiger partial charge in [0.2, 0.25) is 5.91 Å². The van der Waals surface area contributed by atoms with Crippen LogP contribution in [0.1, 0.15) is 18.2 Å². The Balaban J connectivity index is 1.59. The molecule has 1 unspecified atom stereocenters. The second-order valence-electron chi connectivity index (χ2n) is 7.04. The number of halogens is 1. The summed E-state index contributed by atoms with van der Waals surface area (Å²) in [6, 6.07) is 12.0. The largest absolute Gasteiger partial charge is 0.497 e. The van der Waals surface area contributed by atoms with E-state index in [1.54, 1.807) is 43.5 Å². The molecule has 2 heterocycles. The molecule has 1 atom stereocenters. The van der Waals surface area contributed by atoms with Gasteiger partial charge in [-0.1, -0.05) is 12.1 Å². The molecule has 0 radical (unpaired) electrons. The van der Waals surface area contributed by atoms with E-state index in [4.69, 9.17) is 9.47 Å². The highest BCUT2D eigenvalue weighted by Gasteiger charge is 2.37. The van der Waals surface area contributed by atoms with Gasteiger partial charge in [-0.15, -0.1) is 0 Å². The van der Waals surface area contributed by atoms with E-state index in [9.17, 15) is 14.0 Å². The summed E-state index contributed by atoms with van der Waals surface area (Å²) < 4.78 is 25.2. The van der Waals surface area contributed by atoms with Crippen molar-refractivity contribution >= 4 is 23.3 Å². The van der Waals surface area contributed by atoms with Gasteiger partial charge in [-0.25, -0.2) is 9.07 Å². The molecule has 2 N–H and O–H groups in total. The van der Waals surface area contributed by atoms with Crippen LogP contribution in [-0.4, -0.2) is 35.8 Å². The van der Waals surface area contributed by atoms with E-state index in [0.29, 0.717) is 34.1 Å². The van der Waals surface area contributed by atoms with Gasteiger partial charge in [0.15, 0.2) is 0 Å². The lowest BCUT2D eigenvalue weighted by atomic mass is 10.1. The number of fused-ring (bicyclic) bond motifs is 1. The minimum atomic E-state index is -0.807. The number of nitrogens with zero attached hydrogens (tertiary/aromatic N) is 2. The first-order valence-electron chi connectivity index (χ1n) is 9.61. The minimum absolute atomic E-state index is 0.0954. The van der Waals surface area contributed by atoms with Crippen LogP contribution in [0.2, 0.25) is 0 Å². The molecule has 2 aromatic carbocycles. The number of anilines is 2. The van der Waals surface area contributed by atoms with Crippen LogP contribution >= 0.6 is 0 Å². The lowest BCUT2D eigenvalue weighted by Gasteiger charge is -2.10. The molecule has 0 fully saturated rings. The number of rotatable bonds is 7. The van der Waals surface area contributed by atoms with Crippen LogP contribution in [0.3, 0.4) is 0 Å². The number of amides is 2. The van der Waals surface area contributed by atoms with Crippen molar-refractivity contribution in [3.63, 3.8) is 0 Å². The van der Waals surface area contributed by atoms with Crippen LogP contribution in [0.4, 0.5) is 15.9 Å². The summed E-state index contributed by atoms with van der Waals surface area (Å²) in [7, 11) is 3.10. The summed E-state index contributed by atoms with van der Waals surface area (Å²) in [6.45, 7) is 0.202. The number of hydrogen-bond acceptors (Lipinski definition) is 5. The Morgan fingerprint density at radius 1 is 1.16 bits per heavy atom. The molecule has 2 amide bonds. The second kappa shape index (κ2) is 8.57. The number of carbonyl (C=O) groups is 2. The van der Waals surface area contributed by atoms with Crippen molar-refractivity contribution in [3.8, 4) is 16.9 Å². The van der Waals surface area contributed by atoms with Crippen LogP contribution in [0.15, 0.2) is 48.5 Å². The van der Waals surface area contributed by atoms with E-state index in [1.807, 2.05) is 0 Å². The first-order valence-corrected chi connectivity index (χ1v) is 9.61. The van der Waals surface area contributed by atoms with Crippen molar-refractivity contribution < 1.29 is 23.5 Å². The molecule has 4 rings (SSSR count). The molecule has 31 heavy (non-hydrogen) atoms. The number of nitrogens with one attached hydrogen (secondary N) is 2. The van der Waals surface area contributed by atoms with Gasteiger partial charge in [0, 0.05) is 18.4 Å². The predicted molar refractivity (Wildman–Crippen MR) is 112 cm³/mol. The fraction of sp³-hybridized carbons (Fsp3) is 0.227. The maximum Gasteiger partial charge on any atom is 0.251 e. The molecule has 1 aliphatic rings. The summed E-state index contributed by atoms with van der Waals surface area (Å²) in [5.74, 6) is 0.113. The van der Waals surface area contributed by atoms with Gasteiger partial charge >= 0.3 is 0 Å².